The molecule has 0 heterocycles. The third-order valence-corrected chi connectivity index (χ3v) is 3.25. The first-order valence-corrected chi connectivity index (χ1v) is 7.35. The van der Waals surface area contributed by atoms with Crippen LogP contribution in [0.3, 0.4) is 0 Å². The molecule has 0 aliphatic rings. The average Bonchev–Trinajstić information content (AvgIpc) is 2.54. The van der Waals surface area contributed by atoms with Gasteiger partial charge in [-0.2, -0.15) is 0 Å². The van der Waals surface area contributed by atoms with Gasteiger partial charge in [0.15, 0.2) is 5.78 Å². The van der Waals surface area contributed by atoms with Crippen LogP contribution in [0.5, 0.6) is 0 Å². The molecule has 2 aromatic carbocycles. The van der Waals surface area contributed by atoms with Crippen LogP contribution in [0.1, 0.15) is 19.4 Å². The zero-order chi connectivity index (χ0) is 16.8. The first-order valence-electron chi connectivity index (χ1n) is 7.35. The summed E-state index contributed by atoms with van der Waals surface area (Å²) in [5, 5.41) is 2.71. The number of Topliss-reactive ketones (excluding diaryl/α,β-unsaturated/α-hetero) is 1. The van der Waals surface area contributed by atoms with Crippen molar-refractivity contribution >= 4 is 23.5 Å². The summed E-state index contributed by atoms with van der Waals surface area (Å²) < 4.78 is 13.0. The molecule has 1 N–H and O–H groups in total. The van der Waals surface area contributed by atoms with Gasteiger partial charge in [-0.3, -0.25) is 9.59 Å². The molecule has 0 aliphatic heterocycles. The Bertz CT molecular complexity index is 719. The number of carbonyl (C=O) groups excluding carboxylic acids is 2. The standard InChI is InChI=1S/C19H18FNO2/c1-13(2)18(22)17(12-14-8-10-15(20)11-9-14)19(23)21-16-6-4-3-5-7-16/h3-13H,1-2H3,(H,21,23). The molecule has 2 rings (SSSR count). The number of amides is 1. The second-order valence-electron chi connectivity index (χ2n) is 5.45. The molecule has 3 nitrogen and oxygen atoms in total. The van der Waals surface area contributed by atoms with Gasteiger partial charge in [0.25, 0.3) is 5.91 Å². The second kappa shape index (κ2) is 7.49. The van der Waals surface area contributed by atoms with E-state index in [9.17, 15) is 14.0 Å². The van der Waals surface area contributed by atoms with E-state index in [4.69, 9.17) is 0 Å². The van der Waals surface area contributed by atoms with Gasteiger partial charge in [0.1, 0.15) is 5.82 Å². The molecule has 118 valence electrons. The van der Waals surface area contributed by atoms with Gasteiger partial charge in [-0.25, -0.2) is 4.39 Å². The van der Waals surface area contributed by atoms with Crippen molar-refractivity contribution in [2.75, 3.05) is 5.32 Å². The number of hydrogen-bond donors (Lipinski definition) is 1. The van der Waals surface area contributed by atoms with Crippen molar-refractivity contribution in [2.45, 2.75) is 13.8 Å². The van der Waals surface area contributed by atoms with E-state index in [1.54, 1.807) is 38.1 Å². The third-order valence-electron chi connectivity index (χ3n) is 3.25. The minimum atomic E-state index is -0.473. The molecule has 0 radical (unpaired) electrons. The molecular weight excluding hydrogens is 293 g/mol. The topological polar surface area (TPSA) is 46.2 Å². The van der Waals surface area contributed by atoms with Gasteiger partial charge in [-0.05, 0) is 35.9 Å². The highest BCUT2D eigenvalue weighted by Gasteiger charge is 2.21. The Morgan fingerprint density at radius 2 is 1.61 bits per heavy atom. The van der Waals surface area contributed by atoms with Crippen LogP contribution in [0.4, 0.5) is 10.1 Å². The molecule has 0 unspecified atom stereocenters. The van der Waals surface area contributed by atoms with Crippen molar-refractivity contribution in [1.82, 2.24) is 0 Å². The minimum absolute atomic E-state index is 0.0514. The van der Waals surface area contributed by atoms with Crippen LogP contribution in [0.2, 0.25) is 0 Å². The maximum Gasteiger partial charge on any atom is 0.259 e. The Kier molecular flexibility index (Phi) is 5.41. The molecule has 0 atom stereocenters. The number of rotatable bonds is 5. The maximum absolute atomic E-state index is 13.0. The largest absolute Gasteiger partial charge is 0.322 e. The molecule has 4 heteroatoms. The van der Waals surface area contributed by atoms with Crippen molar-refractivity contribution in [2.24, 2.45) is 5.92 Å². The molecular formula is C19H18FNO2. The highest BCUT2D eigenvalue weighted by molar-refractivity contribution is 6.26. The number of hydrogen-bond acceptors (Lipinski definition) is 2. The van der Waals surface area contributed by atoms with E-state index < -0.39 is 5.91 Å². The molecule has 0 saturated carbocycles. The van der Waals surface area contributed by atoms with Gasteiger partial charge in [0.05, 0.1) is 5.57 Å². The van der Waals surface area contributed by atoms with E-state index in [1.807, 2.05) is 6.07 Å². The molecule has 0 bridgehead atoms. The van der Waals surface area contributed by atoms with Gasteiger partial charge in [0, 0.05) is 11.6 Å². The van der Waals surface area contributed by atoms with E-state index in [0.29, 0.717) is 11.3 Å². The fourth-order valence-corrected chi connectivity index (χ4v) is 2.01. The van der Waals surface area contributed by atoms with Crippen molar-refractivity contribution in [3.05, 3.63) is 71.6 Å². The summed E-state index contributed by atoms with van der Waals surface area (Å²) in [4.78, 5) is 24.8. The summed E-state index contributed by atoms with van der Waals surface area (Å²) in [7, 11) is 0. The van der Waals surface area contributed by atoms with Crippen LogP contribution in [0.25, 0.3) is 6.08 Å². The van der Waals surface area contributed by atoms with Gasteiger partial charge < -0.3 is 5.32 Å². The number of ketones is 1. The Balaban J connectivity index is 2.32. The fraction of sp³-hybridized carbons (Fsp3) is 0.158. The normalized spacial score (nSPS) is 11.4. The fourth-order valence-electron chi connectivity index (χ4n) is 2.01. The number of carbonyl (C=O) groups is 2. The van der Waals surface area contributed by atoms with Crippen molar-refractivity contribution in [3.63, 3.8) is 0 Å². The average molecular weight is 311 g/mol. The quantitative estimate of drug-likeness (QED) is 0.514. The SMILES string of the molecule is CC(C)C(=O)C(=Cc1ccc(F)cc1)C(=O)Nc1ccccc1. The first-order chi connectivity index (χ1) is 11.0. The number of anilines is 1. The lowest BCUT2D eigenvalue weighted by Crippen LogP contribution is -2.23. The summed E-state index contributed by atoms with van der Waals surface area (Å²) >= 11 is 0. The number of halogens is 1. The van der Waals surface area contributed by atoms with Crippen molar-refractivity contribution in [1.29, 1.82) is 0 Å². The van der Waals surface area contributed by atoms with Crippen LogP contribution in [0, 0.1) is 11.7 Å². The highest BCUT2D eigenvalue weighted by atomic mass is 19.1. The maximum atomic E-state index is 13.0. The first kappa shape index (κ1) is 16.6. The Morgan fingerprint density at radius 1 is 1.00 bits per heavy atom. The second-order valence-corrected chi connectivity index (χ2v) is 5.45. The smallest absolute Gasteiger partial charge is 0.259 e. The Hall–Kier alpha value is -2.75. The summed E-state index contributed by atoms with van der Waals surface area (Å²) in [5.41, 5.74) is 1.26. The molecule has 2 aromatic rings. The van der Waals surface area contributed by atoms with Crippen LogP contribution < -0.4 is 5.32 Å². The molecule has 0 aromatic heterocycles. The predicted octanol–water partition coefficient (Wildman–Crippen LogP) is 4.07. The Morgan fingerprint density at radius 3 is 2.17 bits per heavy atom. The van der Waals surface area contributed by atoms with E-state index >= 15 is 0 Å². The van der Waals surface area contributed by atoms with Crippen LogP contribution in [0.15, 0.2) is 60.2 Å². The Labute approximate surface area is 134 Å². The molecule has 23 heavy (non-hydrogen) atoms. The number of nitrogens with one attached hydrogen (secondary N) is 1. The highest BCUT2D eigenvalue weighted by Crippen LogP contribution is 2.15. The monoisotopic (exact) mass is 311 g/mol. The zero-order valence-electron chi connectivity index (χ0n) is 13.0. The molecule has 0 fully saturated rings. The lowest BCUT2D eigenvalue weighted by molar-refractivity contribution is -0.121. The molecule has 1 amide bonds. The van der Waals surface area contributed by atoms with Crippen LogP contribution in [-0.2, 0) is 9.59 Å². The van der Waals surface area contributed by atoms with Crippen molar-refractivity contribution in [3.8, 4) is 0 Å². The van der Waals surface area contributed by atoms with Crippen LogP contribution in [-0.4, -0.2) is 11.7 Å². The lowest BCUT2D eigenvalue weighted by atomic mass is 9.98. The number of para-hydroxylation sites is 1. The summed E-state index contributed by atoms with van der Waals surface area (Å²) in [6.07, 6.45) is 1.49. The third kappa shape index (κ3) is 4.61. The van der Waals surface area contributed by atoms with Gasteiger partial charge in [0.2, 0.25) is 0 Å². The summed E-state index contributed by atoms with van der Waals surface area (Å²) in [6, 6.07) is 14.5. The van der Waals surface area contributed by atoms with Gasteiger partial charge in [-0.1, -0.05) is 44.2 Å². The van der Waals surface area contributed by atoms with Gasteiger partial charge in [-0.15, -0.1) is 0 Å². The van der Waals surface area contributed by atoms with Crippen molar-refractivity contribution < 1.29 is 14.0 Å². The van der Waals surface area contributed by atoms with E-state index in [-0.39, 0.29) is 23.1 Å². The van der Waals surface area contributed by atoms with Crippen LogP contribution >= 0.6 is 0 Å². The molecule has 0 saturated heterocycles. The minimum Gasteiger partial charge on any atom is -0.322 e. The molecule has 0 spiro atoms. The van der Waals surface area contributed by atoms with E-state index in [0.717, 1.165) is 0 Å². The van der Waals surface area contributed by atoms with Gasteiger partial charge >= 0.3 is 0 Å². The van der Waals surface area contributed by atoms with E-state index in [2.05, 4.69) is 5.32 Å². The summed E-state index contributed by atoms with van der Waals surface area (Å²) in [6.45, 7) is 3.47. The lowest BCUT2D eigenvalue weighted by Gasteiger charge is -2.10. The van der Waals surface area contributed by atoms with E-state index in [1.165, 1.54) is 30.3 Å². The summed E-state index contributed by atoms with van der Waals surface area (Å²) in [5.74, 6) is -1.42. The number of benzene rings is 2. The predicted molar refractivity (Wildman–Crippen MR) is 89.3 cm³/mol. The molecule has 0 aliphatic carbocycles. The zero-order valence-corrected chi connectivity index (χ0v) is 13.0.